The molecular weight excluding hydrogens is 288 g/mol. The molecule has 0 bridgehead atoms. The number of anilines is 1. The van der Waals surface area contributed by atoms with E-state index in [0.29, 0.717) is 29.6 Å². The topological polar surface area (TPSA) is 58.5 Å². The molecule has 2 atom stereocenters. The van der Waals surface area contributed by atoms with Crippen molar-refractivity contribution in [2.45, 2.75) is 25.7 Å². The number of isocyanates is 1. The molecule has 0 heterocycles. The minimum Gasteiger partial charge on any atom is -0.326 e. The van der Waals surface area contributed by atoms with Crippen molar-refractivity contribution in [2.75, 3.05) is 5.32 Å². The fourth-order valence-corrected chi connectivity index (χ4v) is 2.81. The predicted octanol–water partition coefficient (Wildman–Crippen LogP) is 3.96. The van der Waals surface area contributed by atoms with Crippen molar-refractivity contribution in [3.8, 4) is 0 Å². The summed E-state index contributed by atoms with van der Waals surface area (Å²) in [6.07, 6.45) is 3.01. The molecule has 4 heteroatoms. The van der Waals surface area contributed by atoms with Crippen LogP contribution in [0.15, 0.2) is 53.5 Å². The number of rotatable bonds is 5. The van der Waals surface area contributed by atoms with Gasteiger partial charge in [-0.1, -0.05) is 37.3 Å². The van der Waals surface area contributed by atoms with Gasteiger partial charge in [-0.15, -0.1) is 0 Å². The lowest BCUT2D eigenvalue weighted by atomic mass is 10.1. The Balaban J connectivity index is 1.77. The van der Waals surface area contributed by atoms with Crippen LogP contribution < -0.4 is 5.32 Å². The van der Waals surface area contributed by atoms with Gasteiger partial charge in [0.1, 0.15) is 0 Å². The maximum atomic E-state index is 12.2. The smallest absolute Gasteiger partial charge is 0.240 e. The predicted molar refractivity (Wildman–Crippen MR) is 89.5 cm³/mol. The highest BCUT2D eigenvalue weighted by Crippen LogP contribution is 2.48. The van der Waals surface area contributed by atoms with Gasteiger partial charge in [0.25, 0.3) is 0 Å². The van der Waals surface area contributed by atoms with E-state index >= 15 is 0 Å². The van der Waals surface area contributed by atoms with Gasteiger partial charge in [0.2, 0.25) is 12.0 Å². The molecule has 2 aromatic rings. The Morgan fingerprint density at radius 3 is 2.65 bits per heavy atom. The highest BCUT2D eigenvalue weighted by molar-refractivity contribution is 5.92. The van der Waals surface area contributed by atoms with Crippen LogP contribution in [-0.4, -0.2) is 12.0 Å². The monoisotopic (exact) mass is 306 g/mol. The molecule has 23 heavy (non-hydrogen) atoms. The Morgan fingerprint density at radius 1 is 1.26 bits per heavy atom. The third-order valence-corrected chi connectivity index (χ3v) is 4.14. The molecular formula is C19H18N2O2. The van der Waals surface area contributed by atoms with Gasteiger partial charge < -0.3 is 5.32 Å². The Hall–Kier alpha value is -2.71. The molecule has 2 aromatic carbocycles. The number of nitrogens with zero attached hydrogens (tertiary/aromatic N) is 1. The SMILES string of the molecule is C[C@@H]1C[C@H]1c1cc(N=C=O)cc(NC(=O)Cc2ccccc2)c1. The van der Waals surface area contributed by atoms with Crippen LogP contribution in [0.3, 0.4) is 0 Å². The second kappa shape index (κ2) is 6.59. The van der Waals surface area contributed by atoms with Crippen LogP contribution in [0.2, 0.25) is 0 Å². The number of carbonyl (C=O) groups is 1. The average molecular weight is 306 g/mol. The maximum absolute atomic E-state index is 12.2. The highest BCUT2D eigenvalue weighted by atomic mass is 16.1. The first kappa shape index (κ1) is 15.2. The molecule has 3 rings (SSSR count). The van der Waals surface area contributed by atoms with Crippen LogP contribution in [0.5, 0.6) is 0 Å². The minimum atomic E-state index is -0.0850. The molecule has 1 aliphatic rings. The summed E-state index contributed by atoms with van der Waals surface area (Å²) in [4.78, 5) is 26.4. The summed E-state index contributed by atoms with van der Waals surface area (Å²) in [5.74, 6) is 1.04. The summed E-state index contributed by atoms with van der Waals surface area (Å²) < 4.78 is 0. The first-order valence-electron chi connectivity index (χ1n) is 7.72. The molecule has 1 aliphatic carbocycles. The molecule has 0 radical (unpaired) electrons. The van der Waals surface area contributed by atoms with Crippen LogP contribution >= 0.6 is 0 Å². The third kappa shape index (κ3) is 3.93. The van der Waals surface area contributed by atoms with E-state index in [2.05, 4.69) is 17.2 Å². The summed E-state index contributed by atoms with van der Waals surface area (Å²) in [7, 11) is 0. The van der Waals surface area contributed by atoms with Gasteiger partial charge in [0, 0.05) is 5.69 Å². The lowest BCUT2D eigenvalue weighted by Crippen LogP contribution is -2.14. The van der Waals surface area contributed by atoms with Crippen molar-refractivity contribution in [1.82, 2.24) is 0 Å². The second-order valence-corrected chi connectivity index (χ2v) is 6.05. The van der Waals surface area contributed by atoms with Gasteiger partial charge >= 0.3 is 0 Å². The van der Waals surface area contributed by atoms with Crippen molar-refractivity contribution < 1.29 is 9.59 Å². The average Bonchev–Trinajstić information content (AvgIpc) is 3.25. The largest absolute Gasteiger partial charge is 0.326 e. The van der Waals surface area contributed by atoms with Gasteiger partial charge in [-0.2, -0.15) is 4.99 Å². The lowest BCUT2D eigenvalue weighted by Gasteiger charge is -2.09. The van der Waals surface area contributed by atoms with Gasteiger partial charge in [0.05, 0.1) is 12.1 Å². The second-order valence-electron chi connectivity index (χ2n) is 6.05. The van der Waals surface area contributed by atoms with Crippen molar-refractivity contribution in [1.29, 1.82) is 0 Å². The van der Waals surface area contributed by atoms with Crippen molar-refractivity contribution in [3.63, 3.8) is 0 Å². The Kier molecular flexibility index (Phi) is 4.35. The van der Waals surface area contributed by atoms with Crippen molar-refractivity contribution >= 4 is 23.4 Å². The van der Waals surface area contributed by atoms with E-state index in [4.69, 9.17) is 0 Å². The normalized spacial score (nSPS) is 18.8. The van der Waals surface area contributed by atoms with Crippen LogP contribution in [0, 0.1) is 5.92 Å². The zero-order chi connectivity index (χ0) is 16.2. The molecule has 1 N–H and O–H groups in total. The van der Waals surface area contributed by atoms with Gasteiger partial charge in [-0.05, 0) is 47.6 Å². The van der Waals surface area contributed by atoms with Crippen LogP contribution in [0.4, 0.5) is 11.4 Å². The number of carbonyl (C=O) groups excluding carboxylic acids is 2. The molecule has 0 spiro atoms. The van der Waals surface area contributed by atoms with Gasteiger partial charge in [-0.3, -0.25) is 4.79 Å². The molecule has 0 unspecified atom stereocenters. The van der Waals surface area contributed by atoms with Crippen molar-refractivity contribution in [2.24, 2.45) is 10.9 Å². The van der Waals surface area contributed by atoms with E-state index in [0.717, 1.165) is 17.5 Å². The number of benzene rings is 2. The molecule has 1 fully saturated rings. The Morgan fingerprint density at radius 2 is 2.00 bits per heavy atom. The number of hydrogen-bond acceptors (Lipinski definition) is 3. The summed E-state index contributed by atoms with van der Waals surface area (Å²) in [6.45, 7) is 2.19. The molecule has 116 valence electrons. The Bertz CT molecular complexity index is 764. The molecule has 1 saturated carbocycles. The number of hydrogen-bond donors (Lipinski definition) is 1. The number of amides is 1. The van der Waals surface area contributed by atoms with Crippen molar-refractivity contribution in [3.05, 3.63) is 59.7 Å². The summed E-state index contributed by atoms with van der Waals surface area (Å²) in [6, 6.07) is 15.2. The Labute approximate surface area is 135 Å². The standard InChI is InChI=1S/C19H18N2O2/c1-13-7-18(13)15-9-16(20-12-22)11-17(10-15)21-19(23)8-14-5-3-2-4-6-14/h2-6,9-11,13,18H,7-8H2,1H3,(H,21,23)/t13-,18-/m1/s1. The number of aliphatic imine (C=N–C) groups is 1. The van der Waals surface area contributed by atoms with E-state index in [1.165, 1.54) is 0 Å². The van der Waals surface area contributed by atoms with Gasteiger partial charge in [0.15, 0.2) is 0 Å². The van der Waals surface area contributed by atoms with E-state index in [1.807, 2.05) is 42.5 Å². The summed E-state index contributed by atoms with van der Waals surface area (Å²) in [5, 5.41) is 2.90. The van der Waals surface area contributed by atoms with E-state index in [1.54, 1.807) is 12.1 Å². The molecule has 0 saturated heterocycles. The van der Waals surface area contributed by atoms with Crippen LogP contribution in [0.1, 0.15) is 30.4 Å². The fourth-order valence-electron chi connectivity index (χ4n) is 2.81. The fraction of sp³-hybridized carbons (Fsp3) is 0.263. The zero-order valence-electron chi connectivity index (χ0n) is 13.0. The maximum Gasteiger partial charge on any atom is 0.240 e. The first-order chi connectivity index (χ1) is 11.2. The highest BCUT2D eigenvalue weighted by Gasteiger charge is 2.34. The van der Waals surface area contributed by atoms with Gasteiger partial charge in [-0.25, -0.2) is 4.79 Å². The molecule has 4 nitrogen and oxygen atoms in total. The van der Waals surface area contributed by atoms with Crippen LogP contribution in [0.25, 0.3) is 0 Å². The van der Waals surface area contributed by atoms with Crippen LogP contribution in [-0.2, 0) is 16.0 Å². The van der Waals surface area contributed by atoms with E-state index in [9.17, 15) is 9.59 Å². The van der Waals surface area contributed by atoms with E-state index in [-0.39, 0.29) is 5.91 Å². The molecule has 0 aromatic heterocycles. The first-order valence-corrected chi connectivity index (χ1v) is 7.72. The zero-order valence-corrected chi connectivity index (χ0v) is 13.0. The quantitative estimate of drug-likeness (QED) is 0.671. The summed E-state index contributed by atoms with van der Waals surface area (Å²) in [5.41, 5.74) is 3.29. The number of nitrogens with one attached hydrogen (secondary N) is 1. The minimum absolute atomic E-state index is 0.0850. The molecule has 0 aliphatic heterocycles. The third-order valence-electron chi connectivity index (χ3n) is 4.14. The summed E-state index contributed by atoms with van der Waals surface area (Å²) >= 11 is 0. The lowest BCUT2D eigenvalue weighted by molar-refractivity contribution is -0.115. The molecule has 1 amide bonds. The van der Waals surface area contributed by atoms with E-state index < -0.39 is 0 Å².